The van der Waals surface area contributed by atoms with Crippen molar-refractivity contribution in [1.29, 1.82) is 0 Å². The van der Waals surface area contributed by atoms with Gasteiger partial charge in [-0.1, -0.05) is 6.08 Å². The highest BCUT2D eigenvalue weighted by Gasteiger charge is 2.29. The molecule has 9 heteroatoms. The molecular formula is C18H25BrN6O2. The maximum absolute atomic E-state index is 12.0. The molecule has 1 aromatic rings. The van der Waals surface area contributed by atoms with E-state index in [0.717, 1.165) is 45.2 Å². The van der Waals surface area contributed by atoms with E-state index in [1.165, 1.54) is 0 Å². The van der Waals surface area contributed by atoms with Gasteiger partial charge in [0.15, 0.2) is 5.84 Å². The summed E-state index contributed by atoms with van der Waals surface area (Å²) < 4.78 is 5.86. The summed E-state index contributed by atoms with van der Waals surface area (Å²) in [6.07, 6.45) is 3.49. The quantitative estimate of drug-likeness (QED) is 0.421. The van der Waals surface area contributed by atoms with Gasteiger partial charge in [-0.05, 0) is 35.0 Å². The van der Waals surface area contributed by atoms with E-state index in [-0.39, 0.29) is 11.7 Å². The van der Waals surface area contributed by atoms with Crippen LogP contribution in [0.4, 0.5) is 11.5 Å². The first-order valence-electron chi connectivity index (χ1n) is 9.03. The molecule has 0 aliphatic carbocycles. The summed E-state index contributed by atoms with van der Waals surface area (Å²) in [4.78, 5) is 25.6. The molecule has 1 amide bonds. The minimum Gasteiger partial charge on any atom is -0.378 e. The first-order chi connectivity index (χ1) is 13.1. The molecule has 0 atom stereocenters. The maximum atomic E-state index is 12.0. The molecule has 3 rings (SSSR count). The van der Waals surface area contributed by atoms with Crippen LogP contribution in [0.2, 0.25) is 0 Å². The van der Waals surface area contributed by atoms with Gasteiger partial charge >= 0.3 is 0 Å². The number of rotatable bonds is 4. The lowest BCUT2D eigenvalue weighted by atomic mass is 10.2. The largest absolute Gasteiger partial charge is 0.378 e. The lowest BCUT2D eigenvalue weighted by Crippen LogP contribution is -2.56. The normalized spacial score (nSPS) is 19.6. The molecule has 3 heterocycles. The molecule has 0 unspecified atom stereocenters. The summed E-state index contributed by atoms with van der Waals surface area (Å²) in [5, 5.41) is 5.60. The van der Waals surface area contributed by atoms with Gasteiger partial charge in [0.2, 0.25) is 0 Å². The lowest BCUT2D eigenvalue weighted by molar-refractivity contribution is -0.114. The second-order valence-electron chi connectivity index (χ2n) is 6.40. The predicted octanol–water partition coefficient (Wildman–Crippen LogP) is 1.41. The number of ether oxygens (including phenoxy) is 1. The molecule has 2 saturated heterocycles. The molecule has 2 N–H and O–H groups in total. The van der Waals surface area contributed by atoms with Crippen molar-refractivity contribution in [3.63, 3.8) is 0 Å². The number of allylic oxidation sites excluding steroid dienone is 1. The maximum Gasteiger partial charge on any atom is 0.286 e. The fraction of sp³-hybridized carbons (Fsp3) is 0.500. The van der Waals surface area contributed by atoms with Gasteiger partial charge in [0.25, 0.3) is 5.91 Å². The van der Waals surface area contributed by atoms with Crippen molar-refractivity contribution < 1.29 is 9.53 Å². The molecular weight excluding hydrogens is 412 g/mol. The highest BCUT2D eigenvalue weighted by molar-refractivity contribution is 9.11. The first kappa shape index (κ1) is 19.8. The van der Waals surface area contributed by atoms with E-state index in [1.807, 2.05) is 19.1 Å². The predicted molar refractivity (Wildman–Crippen MR) is 110 cm³/mol. The summed E-state index contributed by atoms with van der Waals surface area (Å²) in [7, 11) is 1.57. The molecule has 0 aromatic carbocycles. The van der Waals surface area contributed by atoms with E-state index >= 15 is 0 Å². The Balaban J connectivity index is 1.61. The molecule has 0 bridgehead atoms. The van der Waals surface area contributed by atoms with E-state index < -0.39 is 0 Å². The Morgan fingerprint density at radius 1 is 1.33 bits per heavy atom. The van der Waals surface area contributed by atoms with Crippen molar-refractivity contribution in [1.82, 2.24) is 15.2 Å². The van der Waals surface area contributed by atoms with Crippen LogP contribution in [0, 0.1) is 0 Å². The number of amidine groups is 1. The van der Waals surface area contributed by atoms with Crippen molar-refractivity contribution in [3.05, 3.63) is 29.0 Å². The fourth-order valence-corrected chi connectivity index (χ4v) is 3.14. The molecule has 0 spiro atoms. The molecule has 2 aliphatic heterocycles. The van der Waals surface area contributed by atoms with E-state index in [4.69, 9.17) is 4.74 Å². The number of anilines is 2. The number of piperazine rings is 1. The first-order valence-corrected chi connectivity index (χ1v) is 9.82. The molecule has 1 aromatic heterocycles. The molecule has 2 fully saturated rings. The number of nitrogens with one attached hydrogen (secondary N) is 2. The fourth-order valence-electron chi connectivity index (χ4n) is 2.96. The Bertz CT molecular complexity index is 709. The Morgan fingerprint density at radius 3 is 2.59 bits per heavy atom. The smallest absolute Gasteiger partial charge is 0.286 e. The van der Waals surface area contributed by atoms with E-state index in [1.54, 1.807) is 19.3 Å². The summed E-state index contributed by atoms with van der Waals surface area (Å²) in [5.41, 5.74) is 0.711. The van der Waals surface area contributed by atoms with Crippen LogP contribution >= 0.6 is 15.9 Å². The Morgan fingerprint density at radius 2 is 2.07 bits per heavy atom. The van der Waals surface area contributed by atoms with Gasteiger partial charge < -0.3 is 20.3 Å². The van der Waals surface area contributed by atoms with E-state index in [2.05, 4.69) is 46.3 Å². The van der Waals surface area contributed by atoms with Crippen LogP contribution in [-0.4, -0.2) is 74.1 Å². The number of carbonyl (C=O) groups is 1. The van der Waals surface area contributed by atoms with Crippen LogP contribution in [0.5, 0.6) is 0 Å². The number of nitrogens with zero attached hydrogens (tertiary/aromatic N) is 4. The van der Waals surface area contributed by atoms with Crippen LogP contribution in [-0.2, 0) is 9.53 Å². The number of likely N-dealkylation sites (N-methyl/N-ethyl adjacent to an activating group) is 1. The topological polar surface area (TPSA) is 82.1 Å². The summed E-state index contributed by atoms with van der Waals surface area (Å²) in [6.45, 7) is 7.52. The molecule has 8 nitrogen and oxygen atoms in total. The number of pyridine rings is 1. The van der Waals surface area contributed by atoms with E-state index in [0.29, 0.717) is 16.3 Å². The lowest BCUT2D eigenvalue weighted by Gasteiger charge is -2.42. The molecule has 0 saturated carbocycles. The van der Waals surface area contributed by atoms with Crippen LogP contribution in [0.1, 0.15) is 6.92 Å². The summed E-state index contributed by atoms with van der Waals surface area (Å²) in [6, 6.07) is 4.47. The third kappa shape index (κ3) is 5.06. The van der Waals surface area contributed by atoms with Crippen LogP contribution in [0.3, 0.4) is 0 Å². The number of hydrogen-bond acceptors (Lipinski definition) is 6. The van der Waals surface area contributed by atoms with Crippen molar-refractivity contribution in [2.45, 2.75) is 13.0 Å². The zero-order valence-electron chi connectivity index (χ0n) is 15.6. The molecule has 146 valence electrons. The SMILES string of the molecule is C/C=C(/Br)N=C(Nc1ccc(N2CCN(C3COC3)CC2)nc1)C(=O)NC. The van der Waals surface area contributed by atoms with Gasteiger partial charge in [0.05, 0.1) is 31.1 Å². The second-order valence-corrected chi connectivity index (χ2v) is 7.21. The van der Waals surface area contributed by atoms with Crippen molar-refractivity contribution >= 4 is 39.2 Å². The Labute approximate surface area is 167 Å². The molecule has 0 radical (unpaired) electrons. The minimum atomic E-state index is -0.297. The average molecular weight is 437 g/mol. The van der Waals surface area contributed by atoms with Crippen LogP contribution in [0.15, 0.2) is 34.0 Å². The van der Waals surface area contributed by atoms with Gasteiger partial charge in [-0.3, -0.25) is 9.69 Å². The average Bonchev–Trinajstić information content (AvgIpc) is 2.66. The van der Waals surface area contributed by atoms with Crippen molar-refractivity contribution in [2.24, 2.45) is 4.99 Å². The highest BCUT2D eigenvalue weighted by Crippen LogP contribution is 2.19. The van der Waals surface area contributed by atoms with Crippen LogP contribution < -0.4 is 15.5 Å². The standard InChI is InChI=1S/C18H25BrN6O2/c1-3-15(19)23-17(18(26)20-2)22-13-4-5-16(21-10-13)25-8-6-24(7-9-25)14-11-27-12-14/h3-5,10,14H,6-9,11-12H2,1-2H3,(H,20,26)(H,22,23)/b15-3-. The van der Waals surface area contributed by atoms with Gasteiger partial charge in [-0.15, -0.1) is 0 Å². The van der Waals surface area contributed by atoms with Gasteiger partial charge in [0, 0.05) is 33.2 Å². The van der Waals surface area contributed by atoms with Crippen molar-refractivity contribution in [2.75, 3.05) is 56.7 Å². The van der Waals surface area contributed by atoms with E-state index in [9.17, 15) is 4.79 Å². The zero-order chi connectivity index (χ0) is 19.2. The number of carbonyl (C=O) groups excluding carboxylic acids is 1. The zero-order valence-corrected chi connectivity index (χ0v) is 17.2. The second kappa shape index (κ2) is 9.29. The van der Waals surface area contributed by atoms with Crippen LogP contribution in [0.25, 0.3) is 0 Å². The van der Waals surface area contributed by atoms with Crippen molar-refractivity contribution in [3.8, 4) is 0 Å². The Hall–Kier alpha value is -1.97. The summed E-state index contributed by atoms with van der Waals surface area (Å²) >= 11 is 3.30. The minimum absolute atomic E-state index is 0.202. The van der Waals surface area contributed by atoms with Gasteiger partial charge in [-0.2, -0.15) is 0 Å². The number of amides is 1. The summed E-state index contributed by atoms with van der Waals surface area (Å²) in [5.74, 6) is 0.848. The third-order valence-electron chi connectivity index (χ3n) is 4.68. The molecule has 2 aliphatic rings. The molecule has 27 heavy (non-hydrogen) atoms. The number of halogens is 1. The number of aromatic nitrogens is 1. The van der Waals surface area contributed by atoms with Gasteiger partial charge in [0.1, 0.15) is 10.4 Å². The third-order valence-corrected chi connectivity index (χ3v) is 5.32. The van der Waals surface area contributed by atoms with Gasteiger partial charge in [-0.25, -0.2) is 9.98 Å². The monoisotopic (exact) mass is 436 g/mol. The number of aliphatic imine (C=N–C) groups is 1. The highest BCUT2D eigenvalue weighted by atomic mass is 79.9. The number of hydrogen-bond donors (Lipinski definition) is 2. The Kier molecular flexibility index (Phi) is 6.81.